The molecule has 5 unspecified atom stereocenters. The first-order valence-electron chi connectivity index (χ1n) is 14.1. The minimum absolute atomic E-state index is 0.0866. The zero-order chi connectivity index (χ0) is 29.9. The van der Waals surface area contributed by atoms with Crippen molar-refractivity contribution < 1.29 is 33.4 Å². The molecule has 222 valence electrons. The molecule has 2 aromatic rings. The van der Waals surface area contributed by atoms with Gasteiger partial charge in [-0.25, -0.2) is 4.79 Å². The van der Waals surface area contributed by atoms with E-state index in [9.17, 15) is 19.2 Å². The summed E-state index contributed by atoms with van der Waals surface area (Å²) in [7, 11) is 3.03. The van der Waals surface area contributed by atoms with Gasteiger partial charge in [-0.1, -0.05) is 12.2 Å². The first kappa shape index (κ1) is 29.0. The maximum absolute atomic E-state index is 13.7. The molecule has 12 heteroatoms. The van der Waals surface area contributed by atoms with Crippen molar-refractivity contribution >= 4 is 24.1 Å². The summed E-state index contributed by atoms with van der Waals surface area (Å²) in [4.78, 5) is 61.3. The first-order valence-corrected chi connectivity index (χ1v) is 14.1. The topological polar surface area (TPSA) is 163 Å². The monoisotopic (exact) mass is 577 g/mol. The number of aldehydes is 1. The molecule has 0 saturated heterocycles. The van der Waals surface area contributed by atoms with Crippen LogP contribution in [0.4, 0.5) is 4.79 Å². The molecule has 5 atom stereocenters. The van der Waals surface area contributed by atoms with Crippen LogP contribution in [0.2, 0.25) is 0 Å². The highest BCUT2D eigenvalue weighted by atomic mass is 16.5. The highest BCUT2D eigenvalue weighted by molar-refractivity contribution is 5.98. The van der Waals surface area contributed by atoms with Crippen LogP contribution in [0.1, 0.15) is 38.5 Å². The maximum atomic E-state index is 13.7. The van der Waals surface area contributed by atoms with Crippen LogP contribution in [0.25, 0.3) is 11.3 Å². The molecule has 2 aliphatic carbocycles. The van der Waals surface area contributed by atoms with Gasteiger partial charge in [-0.2, -0.15) is 9.97 Å². The number of rotatable bonds is 6. The zero-order valence-corrected chi connectivity index (χ0v) is 23.7. The largest absolute Gasteiger partial charge is 0.497 e. The quantitative estimate of drug-likeness (QED) is 0.388. The molecule has 0 bridgehead atoms. The van der Waals surface area contributed by atoms with Gasteiger partial charge in [-0.15, -0.1) is 0 Å². The molecule has 2 heterocycles. The van der Waals surface area contributed by atoms with E-state index >= 15 is 0 Å². The van der Waals surface area contributed by atoms with Crippen LogP contribution in [0, 0.1) is 17.8 Å². The van der Waals surface area contributed by atoms with E-state index in [1.807, 2.05) is 24.3 Å². The molecule has 1 aromatic heterocycles. The van der Waals surface area contributed by atoms with E-state index in [1.54, 1.807) is 25.3 Å². The number of benzene rings is 1. The average molecular weight is 578 g/mol. The van der Waals surface area contributed by atoms with Gasteiger partial charge >= 0.3 is 12.0 Å². The van der Waals surface area contributed by atoms with Crippen LogP contribution in [0.15, 0.2) is 42.5 Å². The third kappa shape index (κ3) is 6.07. The number of fused-ring (bicyclic) bond motifs is 2. The molecule has 3 N–H and O–H groups in total. The average Bonchev–Trinajstić information content (AvgIpc) is 3.51. The third-order valence-corrected chi connectivity index (χ3v) is 8.24. The number of nitrogens with one attached hydrogen (secondary N) is 1. The lowest BCUT2D eigenvalue weighted by atomic mass is 9.93. The Hall–Kier alpha value is -4.48. The number of ether oxygens (including phenoxy) is 3. The van der Waals surface area contributed by atoms with Crippen molar-refractivity contribution in [3.63, 3.8) is 0 Å². The summed E-state index contributed by atoms with van der Waals surface area (Å²) in [5.74, 6) is -1.84. The number of carbonyl (C=O) groups is 4. The molecule has 0 radical (unpaired) electrons. The van der Waals surface area contributed by atoms with E-state index in [4.69, 9.17) is 19.9 Å². The number of hydrogen-bond donors (Lipinski definition) is 2. The Balaban J connectivity index is 1.41. The van der Waals surface area contributed by atoms with Crippen LogP contribution in [0.5, 0.6) is 17.6 Å². The fraction of sp³-hybridized carbons (Fsp3) is 0.467. The van der Waals surface area contributed by atoms with E-state index in [1.165, 1.54) is 7.11 Å². The molecule has 2 saturated carbocycles. The van der Waals surface area contributed by atoms with Crippen molar-refractivity contribution in [3.8, 4) is 28.9 Å². The number of carbonyl (C=O) groups excluding carboxylic acids is 4. The molecule has 1 aromatic carbocycles. The molecule has 0 spiro atoms. The molecule has 3 aliphatic rings. The molecule has 12 nitrogen and oxygen atoms in total. The summed E-state index contributed by atoms with van der Waals surface area (Å²) in [6.45, 7) is 0.161. The number of aromatic nitrogens is 2. The van der Waals surface area contributed by atoms with Crippen LogP contribution in [-0.4, -0.2) is 71.4 Å². The number of nitrogens with zero attached hydrogens (tertiary/aromatic N) is 3. The number of hydrogen-bond acceptors (Lipinski definition) is 9. The SMILES string of the molecule is COc1ccc(-c2cc(OC3CC4C(=O)NC5(C=O)CC5/C=C/CCCCN(C(N)=O)C(=O)C4C3)nc(OC)n2)cc1. The Morgan fingerprint density at radius 2 is 1.86 bits per heavy atom. The van der Waals surface area contributed by atoms with Crippen molar-refractivity contribution in [2.24, 2.45) is 23.5 Å². The van der Waals surface area contributed by atoms with Crippen LogP contribution < -0.4 is 25.3 Å². The van der Waals surface area contributed by atoms with Gasteiger partial charge in [0.1, 0.15) is 23.7 Å². The second-order valence-corrected chi connectivity index (χ2v) is 10.9. The van der Waals surface area contributed by atoms with Crippen LogP contribution in [-0.2, 0) is 14.4 Å². The summed E-state index contributed by atoms with van der Waals surface area (Å²) < 4.78 is 16.8. The Kier molecular flexibility index (Phi) is 8.41. The Bertz CT molecular complexity index is 1380. The minimum atomic E-state index is -0.985. The van der Waals surface area contributed by atoms with Gasteiger partial charge in [0.05, 0.1) is 31.7 Å². The van der Waals surface area contributed by atoms with Crippen LogP contribution in [0.3, 0.4) is 0 Å². The van der Waals surface area contributed by atoms with Crippen molar-refractivity contribution in [2.45, 2.75) is 50.2 Å². The fourth-order valence-electron chi connectivity index (χ4n) is 5.78. The van der Waals surface area contributed by atoms with E-state index in [0.717, 1.165) is 29.6 Å². The van der Waals surface area contributed by atoms with Gasteiger partial charge in [-0.05, 0) is 62.8 Å². The number of urea groups is 1. The smallest absolute Gasteiger partial charge is 0.321 e. The maximum Gasteiger partial charge on any atom is 0.321 e. The van der Waals surface area contributed by atoms with Gasteiger partial charge in [0.25, 0.3) is 0 Å². The van der Waals surface area contributed by atoms with E-state index in [2.05, 4.69) is 15.3 Å². The summed E-state index contributed by atoms with van der Waals surface area (Å²) in [6, 6.07) is 8.17. The summed E-state index contributed by atoms with van der Waals surface area (Å²) in [6.07, 6.45) is 6.99. The van der Waals surface area contributed by atoms with Gasteiger partial charge in [-0.3, -0.25) is 14.5 Å². The number of primary amides is 1. The van der Waals surface area contributed by atoms with E-state index in [-0.39, 0.29) is 37.2 Å². The highest BCUT2D eigenvalue weighted by Crippen LogP contribution is 2.45. The zero-order valence-electron chi connectivity index (χ0n) is 23.7. The van der Waals surface area contributed by atoms with Crippen molar-refractivity contribution in [3.05, 3.63) is 42.5 Å². The number of methoxy groups -OCH3 is 2. The summed E-state index contributed by atoms with van der Waals surface area (Å²) in [5.41, 5.74) is 5.94. The minimum Gasteiger partial charge on any atom is -0.497 e. The van der Waals surface area contributed by atoms with Gasteiger partial charge < -0.3 is 30.1 Å². The lowest BCUT2D eigenvalue weighted by Crippen LogP contribution is -2.49. The number of imide groups is 1. The molecule has 4 amide bonds. The normalized spacial score (nSPS) is 28.4. The second kappa shape index (κ2) is 12.2. The van der Waals surface area contributed by atoms with Gasteiger partial charge in [0, 0.05) is 24.1 Å². The van der Waals surface area contributed by atoms with Gasteiger partial charge in [0.2, 0.25) is 17.7 Å². The molecule has 5 rings (SSSR count). The van der Waals surface area contributed by atoms with Gasteiger partial charge in [0.15, 0.2) is 0 Å². The number of allylic oxidation sites excluding steroid dienone is 1. The lowest BCUT2D eigenvalue weighted by Gasteiger charge is -2.26. The van der Waals surface area contributed by atoms with Crippen LogP contribution >= 0.6 is 0 Å². The van der Waals surface area contributed by atoms with Crippen molar-refractivity contribution in [2.75, 3.05) is 20.8 Å². The summed E-state index contributed by atoms with van der Waals surface area (Å²) in [5, 5.41) is 2.89. The predicted octanol–water partition coefficient (Wildman–Crippen LogP) is 2.66. The molecular formula is C30H35N5O7. The Labute approximate surface area is 243 Å². The van der Waals surface area contributed by atoms with E-state index in [0.29, 0.717) is 24.3 Å². The highest BCUT2D eigenvalue weighted by Gasteiger charge is 2.56. The molecule has 2 fully saturated rings. The number of amides is 4. The first-order chi connectivity index (χ1) is 20.3. The fourth-order valence-corrected chi connectivity index (χ4v) is 5.78. The predicted molar refractivity (Wildman–Crippen MR) is 151 cm³/mol. The Morgan fingerprint density at radius 1 is 1.10 bits per heavy atom. The standard InChI is InChI=1S/C30H35N5O7/c1-40-20-10-8-18(9-11-20)24-15-25(33-29(32-24)41-2)42-21-13-22-23(14-21)27(38)35(28(31)39)12-6-4-3-5-7-19-16-30(19,17-36)34-26(22)37/h5,7-11,15,17,19,21-23H,3-4,6,12-14,16H2,1-2H3,(H2,31,39)(H,34,37)/b7-5+. The summed E-state index contributed by atoms with van der Waals surface area (Å²) >= 11 is 0. The van der Waals surface area contributed by atoms with E-state index < -0.39 is 41.3 Å². The number of nitrogens with two attached hydrogens (primary N) is 1. The third-order valence-electron chi connectivity index (χ3n) is 8.24. The lowest BCUT2D eigenvalue weighted by molar-refractivity contribution is -0.139. The molecular weight excluding hydrogens is 542 g/mol. The molecule has 1 aliphatic heterocycles. The van der Waals surface area contributed by atoms with Crippen molar-refractivity contribution in [1.82, 2.24) is 20.2 Å². The Morgan fingerprint density at radius 3 is 2.55 bits per heavy atom. The second-order valence-electron chi connectivity index (χ2n) is 10.9. The molecule has 42 heavy (non-hydrogen) atoms. The van der Waals surface area contributed by atoms with Crippen molar-refractivity contribution in [1.29, 1.82) is 0 Å².